The molecule has 0 aromatic heterocycles. The Bertz CT molecular complexity index is 56.9. The Labute approximate surface area is 65.9 Å². The van der Waals surface area contributed by atoms with Gasteiger partial charge in [0.1, 0.15) is 0 Å². The van der Waals surface area contributed by atoms with Crippen LogP contribution in [0.5, 0.6) is 0 Å². The Morgan fingerprint density at radius 3 is 1.50 bits per heavy atom. The fourth-order valence-corrected chi connectivity index (χ4v) is 0. The molecule has 0 aliphatic carbocycles. The van der Waals surface area contributed by atoms with Crippen molar-refractivity contribution < 1.29 is 14.4 Å². The molecule has 0 aliphatic rings. The van der Waals surface area contributed by atoms with E-state index in [2.05, 4.69) is 0 Å². The van der Waals surface area contributed by atoms with Gasteiger partial charge in [-0.3, -0.25) is 0 Å². The van der Waals surface area contributed by atoms with E-state index < -0.39 is 7.60 Å². The summed E-state index contributed by atoms with van der Waals surface area (Å²) in [6.07, 6.45) is 0. The van der Waals surface area contributed by atoms with E-state index in [0.717, 1.165) is 0 Å². The quantitative estimate of drug-likeness (QED) is 0.288. The Morgan fingerprint density at radius 2 is 1.50 bits per heavy atom. The monoisotopic (exact) mass is 134 g/mol. The minimum atomic E-state index is -4.14. The van der Waals surface area contributed by atoms with E-state index in [-0.39, 0.29) is 37.7 Å². The van der Waals surface area contributed by atoms with Gasteiger partial charge >= 0.3 is 37.7 Å². The van der Waals surface area contributed by atoms with Crippen LogP contribution in [0.25, 0.3) is 0 Å². The first kappa shape index (κ1) is 10.4. The minimum Gasteiger partial charge on any atom is -0.811 e. The molecular weight excluding hydrogens is 131 g/mol. The van der Waals surface area contributed by atoms with Crippen LogP contribution >= 0.6 is 7.60 Å². The van der Waals surface area contributed by atoms with Gasteiger partial charge in [-0.25, -0.2) is 0 Å². The van der Waals surface area contributed by atoms with Crippen molar-refractivity contribution in [2.45, 2.75) is 0 Å². The predicted octanol–water partition coefficient (Wildman–Crippen LogP) is -1.85. The maximum atomic E-state index is 9.10. The standard InChI is InChI=1S/CH5O3P.Ca/c1-5(2,3)4;/h1H3,(H2,2,3,4);/q;+2/p-2. The molecule has 3 nitrogen and oxygen atoms in total. The zero-order chi connectivity index (χ0) is 4.50. The maximum absolute atomic E-state index is 9.10. The molecule has 0 fully saturated rings. The molecule has 0 atom stereocenters. The second-order valence-corrected chi connectivity index (χ2v) is 2.31. The summed E-state index contributed by atoms with van der Waals surface area (Å²) in [7, 11) is -4.14. The molecule has 0 aromatic rings. The van der Waals surface area contributed by atoms with Crippen molar-refractivity contribution in [3.63, 3.8) is 0 Å². The van der Waals surface area contributed by atoms with Crippen LogP contribution in [0.3, 0.4) is 0 Å². The molecule has 0 aromatic carbocycles. The van der Waals surface area contributed by atoms with E-state index in [9.17, 15) is 0 Å². The average Bonchev–Trinajstić information content (AvgIpc) is 0.722. The number of rotatable bonds is 0. The predicted molar refractivity (Wildman–Crippen MR) is 19.3 cm³/mol. The SMILES string of the molecule is CP(=O)([O-])[O-].[Ca+2]. The normalized spacial score (nSPS) is 9.83. The third-order valence-electron chi connectivity index (χ3n) is 0. The second-order valence-electron chi connectivity index (χ2n) is 0.771. The third kappa shape index (κ3) is 52.9. The molecule has 0 aliphatic heterocycles. The van der Waals surface area contributed by atoms with Crippen molar-refractivity contribution in [1.29, 1.82) is 0 Å². The molecule has 0 rings (SSSR count). The maximum Gasteiger partial charge on any atom is 2.00 e. The van der Waals surface area contributed by atoms with Crippen LogP contribution in [0, 0.1) is 0 Å². The van der Waals surface area contributed by atoms with E-state index in [1.807, 2.05) is 0 Å². The molecule has 0 spiro atoms. The van der Waals surface area contributed by atoms with E-state index in [4.69, 9.17) is 14.4 Å². The second kappa shape index (κ2) is 3.42. The van der Waals surface area contributed by atoms with Crippen LogP contribution in [-0.4, -0.2) is 44.4 Å². The largest absolute Gasteiger partial charge is 2.00 e. The molecule has 0 bridgehead atoms. The van der Waals surface area contributed by atoms with Crippen LogP contribution in [0.4, 0.5) is 0 Å². The summed E-state index contributed by atoms with van der Waals surface area (Å²) in [6.45, 7) is 0.632. The zero-order valence-electron chi connectivity index (χ0n) is 3.38. The molecule has 5 heteroatoms. The Hall–Kier alpha value is 1.41. The molecule has 32 valence electrons. The molecule has 0 saturated heterocycles. The van der Waals surface area contributed by atoms with Gasteiger partial charge < -0.3 is 14.4 Å². The fraction of sp³-hybridized carbons (Fsp3) is 1.00. The van der Waals surface area contributed by atoms with Crippen LogP contribution in [0.2, 0.25) is 0 Å². The van der Waals surface area contributed by atoms with Crippen LogP contribution < -0.4 is 9.79 Å². The molecule has 0 N–H and O–H groups in total. The topological polar surface area (TPSA) is 63.2 Å². The van der Waals surface area contributed by atoms with Crippen molar-refractivity contribution in [1.82, 2.24) is 0 Å². The van der Waals surface area contributed by atoms with Gasteiger partial charge in [-0.05, 0) is 6.66 Å². The van der Waals surface area contributed by atoms with Crippen molar-refractivity contribution >= 4 is 45.3 Å². The Morgan fingerprint density at radius 1 is 1.50 bits per heavy atom. The van der Waals surface area contributed by atoms with Crippen LogP contribution in [0.1, 0.15) is 0 Å². The summed E-state index contributed by atoms with van der Waals surface area (Å²) in [5, 5.41) is 0. The third-order valence-corrected chi connectivity index (χ3v) is 0. The van der Waals surface area contributed by atoms with Crippen molar-refractivity contribution in [3.8, 4) is 0 Å². The molecule has 0 saturated carbocycles. The van der Waals surface area contributed by atoms with Gasteiger partial charge in [0.15, 0.2) is 0 Å². The Kier molecular flexibility index (Phi) is 5.92. The summed E-state index contributed by atoms with van der Waals surface area (Å²) in [5.74, 6) is 0. The molecule has 0 radical (unpaired) electrons. The van der Waals surface area contributed by atoms with Gasteiger partial charge in [0.05, 0.1) is 0 Å². The van der Waals surface area contributed by atoms with Gasteiger partial charge in [0.25, 0.3) is 0 Å². The fourth-order valence-electron chi connectivity index (χ4n) is 0. The van der Waals surface area contributed by atoms with Gasteiger partial charge in [-0.2, -0.15) is 0 Å². The summed E-state index contributed by atoms with van der Waals surface area (Å²) in [5.41, 5.74) is 0. The van der Waals surface area contributed by atoms with Gasteiger partial charge in [0.2, 0.25) is 0 Å². The first-order valence-corrected chi connectivity index (χ1v) is 2.98. The smallest absolute Gasteiger partial charge is 0.811 e. The first-order chi connectivity index (χ1) is 2.00. The Balaban J connectivity index is 0. The molecule has 0 unspecified atom stereocenters. The van der Waals surface area contributed by atoms with E-state index in [1.54, 1.807) is 0 Å². The zero-order valence-corrected chi connectivity index (χ0v) is 6.48. The van der Waals surface area contributed by atoms with Crippen molar-refractivity contribution in [3.05, 3.63) is 0 Å². The minimum absolute atomic E-state index is 0. The molecule has 6 heavy (non-hydrogen) atoms. The van der Waals surface area contributed by atoms with Gasteiger partial charge in [-0.15, -0.1) is 0 Å². The summed E-state index contributed by atoms with van der Waals surface area (Å²) < 4.78 is 9.10. The van der Waals surface area contributed by atoms with E-state index >= 15 is 0 Å². The molecule has 0 heterocycles. The molecule has 0 amide bonds. The van der Waals surface area contributed by atoms with E-state index in [1.165, 1.54) is 0 Å². The average molecular weight is 134 g/mol. The van der Waals surface area contributed by atoms with Gasteiger partial charge in [-0.1, -0.05) is 7.60 Å². The summed E-state index contributed by atoms with van der Waals surface area (Å²) >= 11 is 0. The first-order valence-electron chi connectivity index (χ1n) is 0.995. The van der Waals surface area contributed by atoms with Crippen LogP contribution in [0.15, 0.2) is 0 Å². The van der Waals surface area contributed by atoms with E-state index in [0.29, 0.717) is 6.66 Å². The van der Waals surface area contributed by atoms with Gasteiger partial charge in [0, 0.05) is 0 Å². The number of hydrogen-bond acceptors (Lipinski definition) is 3. The van der Waals surface area contributed by atoms with Crippen molar-refractivity contribution in [2.75, 3.05) is 6.66 Å². The number of hydrogen-bond donors (Lipinski definition) is 0. The summed E-state index contributed by atoms with van der Waals surface area (Å²) in [4.78, 5) is 18.2. The molecular formula is CH3CaO3P. The summed E-state index contributed by atoms with van der Waals surface area (Å²) in [6, 6.07) is 0. The van der Waals surface area contributed by atoms with Crippen molar-refractivity contribution in [2.24, 2.45) is 0 Å². The van der Waals surface area contributed by atoms with Crippen LogP contribution in [-0.2, 0) is 4.57 Å².